The molecule has 1 aromatic heterocycles. The van der Waals surface area contributed by atoms with E-state index in [9.17, 15) is 4.79 Å². The number of nitrogens with one attached hydrogen (secondary N) is 2. The number of hydrogen-bond acceptors (Lipinski definition) is 4. The highest BCUT2D eigenvalue weighted by Gasteiger charge is 2.18. The standard InChI is InChI=1S/C24H32N4O/c1-18-15-19(16-23(26-18)28-13-7-8-14-28)17-25-24(29)21-11-5-6-12-22(21)27-20-9-3-2-4-10-20/h5-6,11-12,15-16,20,27H,2-4,7-10,13-14,17H2,1H3,(H,25,29). The van der Waals surface area contributed by atoms with Gasteiger partial charge in [0.1, 0.15) is 5.82 Å². The first-order chi connectivity index (χ1) is 14.2. The van der Waals surface area contributed by atoms with Crippen molar-refractivity contribution in [2.75, 3.05) is 23.3 Å². The molecule has 1 saturated heterocycles. The topological polar surface area (TPSA) is 57.3 Å². The van der Waals surface area contributed by atoms with Crippen LogP contribution >= 0.6 is 0 Å². The molecule has 2 N–H and O–H groups in total. The molecule has 1 aliphatic carbocycles. The van der Waals surface area contributed by atoms with Crippen LogP contribution in [0.15, 0.2) is 36.4 Å². The molecule has 5 nitrogen and oxygen atoms in total. The van der Waals surface area contributed by atoms with Crippen LogP contribution in [0.3, 0.4) is 0 Å². The molecule has 0 bridgehead atoms. The largest absolute Gasteiger partial charge is 0.382 e. The molecule has 2 fully saturated rings. The summed E-state index contributed by atoms with van der Waals surface area (Å²) in [6, 6.07) is 12.5. The van der Waals surface area contributed by atoms with Gasteiger partial charge >= 0.3 is 0 Å². The normalized spacial score (nSPS) is 17.3. The van der Waals surface area contributed by atoms with Crippen LogP contribution in [0, 0.1) is 6.92 Å². The van der Waals surface area contributed by atoms with Crippen molar-refractivity contribution in [1.82, 2.24) is 10.3 Å². The first-order valence-corrected chi connectivity index (χ1v) is 11.1. The molecular formula is C24H32N4O. The van der Waals surface area contributed by atoms with Crippen LogP contribution in [-0.4, -0.2) is 30.0 Å². The Morgan fingerprint density at radius 3 is 2.62 bits per heavy atom. The lowest BCUT2D eigenvalue weighted by molar-refractivity contribution is 0.0951. The molecule has 1 amide bonds. The molecule has 5 heteroatoms. The van der Waals surface area contributed by atoms with Crippen LogP contribution in [0.25, 0.3) is 0 Å². The number of benzene rings is 1. The Hall–Kier alpha value is -2.56. The molecule has 2 heterocycles. The summed E-state index contributed by atoms with van der Waals surface area (Å²) in [6.45, 7) is 4.68. The first-order valence-electron chi connectivity index (χ1n) is 11.1. The predicted octanol–water partition coefficient (Wildman–Crippen LogP) is 4.66. The summed E-state index contributed by atoms with van der Waals surface area (Å²) in [4.78, 5) is 19.9. The fourth-order valence-electron chi connectivity index (χ4n) is 4.48. The third kappa shape index (κ3) is 5.08. The minimum atomic E-state index is -0.0268. The van der Waals surface area contributed by atoms with Gasteiger partial charge < -0.3 is 15.5 Å². The van der Waals surface area contributed by atoms with Crippen molar-refractivity contribution in [3.05, 3.63) is 53.2 Å². The van der Waals surface area contributed by atoms with E-state index in [1.807, 2.05) is 31.2 Å². The summed E-state index contributed by atoms with van der Waals surface area (Å²) in [7, 11) is 0. The summed E-state index contributed by atoms with van der Waals surface area (Å²) >= 11 is 0. The quantitative estimate of drug-likeness (QED) is 0.750. The third-order valence-corrected chi connectivity index (χ3v) is 6.02. The smallest absolute Gasteiger partial charge is 0.253 e. The Bertz CT molecular complexity index is 839. The van der Waals surface area contributed by atoms with E-state index in [-0.39, 0.29) is 5.91 Å². The number of para-hydroxylation sites is 1. The van der Waals surface area contributed by atoms with Gasteiger partial charge in [0, 0.05) is 37.1 Å². The summed E-state index contributed by atoms with van der Waals surface area (Å²) in [5.41, 5.74) is 3.77. The van der Waals surface area contributed by atoms with Crippen molar-refractivity contribution < 1.29 is 4.79 Å². The number of aryl methyl sites for hydroxylation is 1. The molecule has 0 unspecified atom stereocenters. The number of carbonyl (C=O) groups is 1. The van der Waals surface area contributed by atoms with E-state index >= 15 is 0 Å². The highest BCUT2D eigenvalue weighted by molar-refractivity contribution is 5.99. The minimum absolute atomic E-state index is 0.0268. The van der Waals surface area contributed by atoms with Crippen molar-refractivity contribution in [2.45, 2.75) is 64.5 Å². The molecule has 1 aromatic carbocycles. The molecule has 2 aliphatic rings. The number of aromatic nitrogens is 1. The Labute approximate surface area is 173 Å². The second-order valence-corrected chi connectivity index (χ2v) is 8.38. The molecule has 29 heavy (non-hydrogen) atoms. The number of hydrogen-bond donors (Lipinski definition) is 2. The number of amides is 1. The second-order valence-electron chi connectivity index (χ2n) is 8.38. The van der Waals surface area contributed by atoms with Gasteiger partial charge in [0.2, 0.25) is 0 Å². The zero-order chi connectivity index (χ0) is 20.1. The van der Waals surface area contributed by atoms with Gasteiger partial charge in [0.05, 0.1) is 5.56 Å². The Morgan fingerprint density at radius 1 is 1.07 bits per heavy atom. The summed E-state index contributed by atoms with van der Waals surface area (Å²) in [6.07, 6.45) is 8.70. The fraction of sp³-hybridized carbons (Fsp3) is 0.500. The van der Waals surface area contributed by atoms with E-state index < -0.39 is 0 Å². The van der Waals surface area contributed by atoms with Gasteiger partial charge in [-0.3, -0.25) is 4.79 Å². The highest BCUT2D eigenvalue weighted by atomic mass is 16.1. The van der Waals surface area contributed by atoms with E-state index in [1.165, 1.54) is 44.9 Å². The van der Waals surface area contributed by atoms with E-state index in [0.29, 0.717) is 12.6 Å². The average Bonchev–Trinajstić information content (AvgIpc) is 3.28. The molecule has 1 aliphatic heterocycles. The zero-order valence-corrected chi connectivity index (χ0v) is 17.4. The molecule has 2 aromatic rings. The second kappa shape index (κ2) is 9.29. The van der Waals surface area contributed by atoms with Crippen LogP contribution in [0.4, 0.5) is 11.5 Å². The lowest BCUT2D eigenvalue weighted by atomic mass is 9.95. The van der Waals surface area contributed by atoms with Gasteiger partial charge in [-0.1, -0.05) is 31.4 Å². The van der Waals surface area contributed by atoms with E-state index in [0.717, 1.165) is 41.4 Å². The average molecular weight is 393 g/mol. The molecule has 4 rings (SSSR count). The van der Waals surface area contributed by atoms with Gasteiger partial charge in [0.25, 0.3) is 5.91 Å². The molecule has 1 saturated carbocycles. The lowest BCUT2D eigenvalue weighted by Gasteiger charge is -2.25. The van der Waals surface area contributed by atoms with Crippen molar-refractivity contribution in [3.8, 4) is 0 Å². The molecular weight excluding hydrogens is 360 g/mol. The van der Waals surface area contributed by atoms with Crippen molar-refractivity contribution in [1.29, 1.82) is 0 Å². The van der Waals surface area contributed by atoms with Crippen LogP contribution in [0.1, 0.15) is 66.6 Å². The number of anilines is 2. The van der Waals surface area contributed by atoms with Gasteiger partial charge in [-0.25, -0.2) is 4.98 Å². The van der Waals surface area contributed by atoms with E-state index in [1.54, 1.807) is 0 Å². The highest BCUT2D eigenvalue weighted by Crippen LogP contribution is 2.24. The van der Waals surface area contributed by atoms with Crippen LogP contribution in [0.5, 0.6) is 0 Å². The van der Waals surface area contributed by atoms with E-state index in [2.05, 4.69) is 32.7 Å². The van der Waals surface area contributed by atoms with Crippen molar-refractivity contribution in [3.63, 3.8) is 0 Å². The van der Waals surface area contributed by atoms with Crippen LogP contribution in [0.2, 0.25) is 0 Å². The minimum Gasteiger partial charge on any atom is -0.382 e. The Balaban J connectivity index is 1.42. The number of rotatable bonds is 6. The number of nitrogens with zero attached hydrogens (tertiary/aromatic N) is 2. The van der Waals surface area contributed by atoms with Crippen LogP contribution < -0.4 is 15.5 Å². The fourth-order valence-corrected chi connectivity index (χ4v) is 4.48. The molecule has 0 radical (unpaired) electrons. The summed E-state index contributed by atoms with van der Waals surface area (Å²) < 4.78 is 0. The van der Waals surface area contributed by atoms with Gasteiger partial charge in [0.15, 0.2) is 0 Å². The van der Waals surface area contributed by atoms with Gasteiger partial charge in [-0.2, -0.15) is 0 Å². The number of carbonyl (C=O) groups excluding carboxylic acids is 1. The van der Waals surface area contributed by atoms with Gasteiger partial charge in [-0.05, 0) is 62.4 Å². The van der Waals surface area contributed by atoms with E-state index in [4.69, 9.17) is 0 Å². The Kier molecular flexibility index (Phi) is 6.33. The summed E-state index contributed by atoms with van der Waals surface area (Å²) in [5, 5.41) is 6.72. The third-order valence-electron chi connectivity index (χ3n) is 6.02. The predicted molar refractivity (Wildman–Crippen MR) is 119 cm³/mol. The maximum Gasteiger partial charge on any atom is 0.253 e. The maximum absolute atomic E-state index is 12.9. The number of pyridine rings is 1. The maximum atomic E-state index is 12.9. The van der Waals surface area contributed by atoms with Crippen LogP contribution in [-0.2, 0) is 6.54 Å². The first kappa shape index (κ1) is 19.7. The van der Waals surface area contributed by atoms with Crippen molar-refractivity contribution >= 4 is 17.4 Å². The van der Waals surface area contributed by atoms with Gasteiger partial charge in [-0.15, -0.1) is 0 Å². The SMILES string of the molecule is Cc1cc(CNC(=O)c2ccccc2NC2CCCCC2)cc(N2CCCC2)n1. The van der Waals surface area contributed by atoms with Crippen molar-refractivity contribution in [2.24, 2.45) is 0 Å². The Morgan fingerprint density at radius 2 is 1.83 bits per heavy atom. The monoisotopic (exact) mass is 392 g/mol. The molecule has 154 valence electrons. The lowest BCUT2D eigenvalue weighted by Crippen LogP contribution is -2.27. The molecule has 0 atom stereocenters. The summed E-state index contributed by atoms with van der Waals surface area (Å²) in [5.74, 6) is 1.01. The molecule has 0 spiro atoms. The zero-order valence-electron chi connectivity index (χ0n) is 17.4.